The first-order valence-electron chi connectivity index (χ1n) is 10.2. The standard InChI is InChI=1S/C21H25N7O.ClH/c1-3-27(4-2)20-16-11-28(12-17(16)20)21-22-10-18(25-26-21)15-6-5-13(7-19(15)29)14-8-23-24-9-14;/h5-10,16-17,20,29H,3-4,11-12H2,1-2H3,(H,23,24);1H. The number of piperidine rings is 1. The van der Waals surface area contributed by atoms with Crippen molar-refractivity contribution < 1.29 is 5.11 Å². The molecule has 3 aromatic rings. The number of hydrogen-bond acceptors (Lipinski definition) is 7. The fourth-order valence-electron chi connectivity index (χ4n) is 4.72. The largest absolute Gasteiger partial charge is 0.507 e. The van der Waals surface area contributed by atoms with Gasteiger partial charge in [-0.3, -0.25) is 5.10 Å². The SMILES string of the molecule is CCN(CC)C1C2CN(c3ncc(-c4ccc(-c5cn[nH]c5)cc4O)nn3)CC21.Cl. The van der Waals surface area contributed by atoms with Gasteiger partial charge in [-0.25, -0.2) is 4.98 Å². The van der Waals surface area contributed by atoms with E-state index in [1.165, 1.54) is 0 Å². The van der Waals surface area contributed by atoms with Crippen LogP contribution in [0, 0.1) is 11.8 Å². The maximum Gasteiger partial charge on any atom is 0.245 e. The van der Waals surface area contributed by atoms with Gasteiger partial charge in [0.2, 0.25) is 5.95 Å². The summed E-state index contributed by atoms with van der Waals surface area (Å²) in [6.45, 7) is 8.69. The lowest BCUT2D eigenvalue weighted by Gasteiger charge is -2.25. The minimum atomic E-state index is 0. The number of phenols is 1. The minimum Gasteiger partial charge on any atom is -0.507 e. The van der Waals surface area contributed by atoms with Gasteiger partial charge < -0.3 is 14.9 Å². The molecule has 0 spiro atoms. The second-order valence-corrected chi connectivity index (χ2v) is 7.81. The molecule has 9 heteroatoms. The summed E-state index contributed by atoms with van der Waals surface area (Å²) in [6.07, 6.45) is 5.20. The molecule has 1 aromatic carbocycles. The van der Waals surface area contributed by atoms with E-state index in [4.69, 9.17) is 0 Å². The highest BCUT2D eigenvalue weighted by Crippen LogP contribution is 2.49. The van der Waals surface area contributed by atoms with E-state index in [1.54, 1.807) is 24.7 Å². The van der Waals surface area contributed by atoms with Gasteiger partial charge in [-0.15, -0.1) is 22.6 Å². The molecule has 0 radical (unpaired) electrons. The maximum absolute atomic E-state index is 10.5. The summed E-state index contributed by atoms with van der Waals surface area (Å²) < 4.78 is 0. The molecule has 0 bridgehead atoms. The highest BCUT2D eigenvalue weighted by atomic mass is 35.5. The number of aromatic amines is 1. The third kappa shape index (κ3) is 3.50. The molecule has 5 rings (SSSR count). The van der Waals surface area contributed by atoms with Crippen molar-refractivity contribution in [2.24, 2.45) is 11.8 Å². The van der Waals surface area contributed by atoms with Crippen molar-refractivity contribution in [3.8, 4) is 28.1 Å². The highest BCUT2D eigenvalue weighted by molar-refractivity contribution is 5.85. The van der Waals surface area contributed by atoms with Gasteiger partial charge in [0.25, 0.3) is 0 Å². The normalized spacial score (nSPS) is 22.1. The summed E-state index contributed by atoms with van der Waals surface area (Å²) in [5, 5.41) is 25.8. The average molecular weight is 428 g/mol. The number of halogens is 1. The van der Waals surface area contributed by atoms with Crippen molar-refractivity contribution in [2.45, 2.75) is 19.9 Å². The zero-order valence-corrected chi connectivity index (χ0v) is 17.9. The van der Waals surface area contributed by atoms with E-state index in [9.17, 15) is 5.11 Å². The third-order valence-corrected chi connectivity index (χ3v) is 6.32. The zero-order chi connectivity index (χ0) is 20.0. The van der Waals surface area contributed by atoms with Gasteiger partial charge >= 0.3 is 0 Å². The Morgan fingerprint density at radius 1 is 1.10 bits per heavy atom. The van der Waals surface area contributed by atoms with E-state index in [0.717, 1.165) is 55.2 Å². The van der Waals surface area contributed by atoms with Gasteiger partial charge in [-0.05, 0) is 42.6 Å². The van der Waals surface area contributed by atoms with Crippen molar-refractivity contribution >= 4 is 18.4 Å². The molecule has 8 nitrogen and oxygen atoms in total. The zero-order valence-electron chi connectivity index (χ0n) is 17.1. The van der Waals surface area contributed by atoms with E-state index in [2.05, 4.69) is 49.0 Å². The van der Waals surface area contributed by atoms with Crippen LogP contribution >= 0.6 is 12.4 Å². The summed E-state index contributed by atoms with van der Waals surface area (Å²) in [5.74, 6) is 2.26. The second-order valence-electron chi connectivity index (χ2n) is 7.81. The van der Waals surface area contributed by atoms with Crippen LogP contribution in [0.1, 0.15) is 13.8 Å². The molecule has 2 N–H and O–H groups in total. The molecular weight excluding hydrogens is 402 g/mol. The van der Waals surface area contributed by atoms with Crippen LogP contribution in [-0.2, 0) is 0 Å². The lowest BCUT2D eigenvalue weighted by molar-refractivity contribution is 0.265. The van der Waals surface area contributed by atoms with Gasteiger partial charge in [0.15, 0.2) is 0 Å². The molecule has 1 saturated carbocycles. The Bertz CT molecular complexity index is 979. The van der Waals surface area contributed by atoms with Crippen molar-refractivity contribution in [1.29, 1.82) is 0 Å². The van der Waals surface area contributed by atoms with E-state index in [1.807, 2.05) is 12.1 Å². The highest BCUT2D eigenvalue weighted by Gasteiger charge is 2.58. The number of aromatic hydroxyl groups is 1. The predicted octanol–water partition coefficient (Wildman–Crippen LogP) is 2.83. The Labute approximate surface area is 181 Å². The van der Waals surface area contributed by atoms with Crippen LogP contribution in [-0.4, -0.2) is 67.6 Å². The number of anilines is 1. The summed E-state index contributed by atoms with van der Waals surface area (Å²) in [4.78, 5) is 9.32. The first-order chi connectivity index (χ1) is 14.2. The van der Waals surface area contributed by atoms with Gasteiger partial charge in [-0.2, -0.15) is 5.10 Å². The molecular formula is C21H26ClN7O. The average Bonchev–Trinajstić information content (AvgIpc) is 3.15. The topological polar surface area (TPSA) is 94.1 Å². The van der Waals surface area contributed by atoms with E-state index >= 15 is 0 Å². The van der Waals surface area contributed by atoms with Crippen LogP contribution in [0.5, 0.6) is 5.75 Å². The summed E-state index contributed by atoms with van der Waals surface area (Å²) in [6, 6.07) is 6.19. The van der Waals surface area contributed by atoms with E-state index in [0.29, 0.717) is 17.2 Å². The number of benzene rings is 1. The monoisotopic (exact) mass is 427 g/mol. The van der Waals surface area contributed by atoms with E-state index in [-0.39, 0.29) is 18.2 Å². The van der Waals surface area contributed by atoms with Crippen LogP contribution in [0.25, 0.3) is 22.4 Å². The maximum atomic E-state index is 10.5. The molecule has 2 unspecified atom stereocenters. The smallest absolute Gasteiger partial charge is 0.245 e. The van der Waals surface area contributed by atoms with Gasteiger partial charge in [0.05, 0.1) is 12.4 Å². The molecule has 1 saturated heterocycles. The number of phenolic OH excluding ortho intramolecular Hbond substituents is 1. The number of fused-ring (bicyclic) bond motifs is 1. The Hall–Kier alpha value is -2.71. The quantitative estimate of drug-likeness (QED) is 0.624. The molecule has 0 amide bonds. The Balaban J connectivity index is 0.00000218. The molecule has 1 aliphatic carbocycles. The van der Waals surface area contributed by atoms with Crippen molar-refractivity contribution in [2.75, 3.05) is 31.1 Å². The first kappa shape index (κ1) is 20.6. The van der Waals surface area contributed by atoms with Gasteiger partial charge in [0, 0.05) is 36.5 Å². The number of aromatic nitrogens is 5. The number of nitrogens with one attached hydrogen (secondary N) is 1. The lowest BCUT2D eigenvalue weighted by Crippen LogP contribution is -2.35. The molecule has 158 valence electrons. The molecule has 2 aliphatic rings. The number of rotatable bonds is 6. The molecule has 30 heavy (non-hydrogen) atoms. The van der Waals surface area contributed by atoms with Crippen LogP contribution in [0.4, 0.5) is 5.95 Å². The van der Waals surface area contributed by atoms with Crippen molar-refractivity contribution in [3.05, 3.63) is 36.8 Å². The van der Waals surface area contributed by atoms with Crippen LogP contribution in [0.2, 0.25) is 0 Å². The first-order valence-corrected chi connectivity index (χ1v) is 10.2. The Morgan fingerprint density at radius 3 is 2.43 bits per heavy atom. The number of H-pyrrole nitrogens is 1. The van der Waals surface area contributed by atoms with Crippen LogP contribution in [0.3, 0.4) is 0 Å². The molecule has 2 atom stereocenters. The number of hydrogen-bond donors (Lipinski definition) is 2. The van der Waals surface area contributed by atoms with E-state index < -0.39 is 0 Å². The second kappa shape index (κ2) is 8.20. The molecule has 2 fully saturated rings. The lowest BCUT2D eigenvalue weighted by atomic mass is 10.0. The third-order valence-electron chi connectivity index (χ3n) is 6.32. The molecule has 1 aliphatic heterocycles. The van der Waals surface area contributed by atoms with Crippen LogP contribution in [0.15, 0.2) is 36.8 Å². The Morgan fingerprint density at radius 2 is 1.87 bits per heavy atom. The fourth-order valence-corrected chi connectivity index (χ4v) is 4.72. The summed E-state index contributed by atoms with van der Waals surface area (Å²) in [5.41, 5.74) is 2.99. The van der Waals surface area contributed by atoms with Crippen LogP contribution < -0.4 is 4.90 Å². The minimum absolute atomic E-state index is 0. The van der Waals surface area contributed by atoms with Gasteiger partial charge in [-0.1, -0.05) is 19.9 Å². The molecule has 2 aromatic heterocycles. The summed E-state index contributed by atoms with van der Waals surface area (Å²) >= 11 is 0. The predicted molar refractivity (Wildman–Crippen MR) is 118 cm³/mol. The van der Waals surface area contributed by atoms with Crippen molar-refractivity contribution in [1.82, 2.24) is 30.3 Å². The molecule has 3 heterocycles. The summed E-state index contributed by atoms with van der Waals surface area (Å²) in [7, 11) is 0. The number of nitrogens with zero attached hydrogens (tertiary/aromatic N) is 6. The van der Waals surface area contributed by atoms with Gasteiger partial charge in [0.1, 0.15) is 11.4 Å². The fraction of sp³-hybridized carbons (Fsp3) is 0.429. The Kier molecular flexibility index (Phi) is 5.62. The van der Waals surface area contributed by atoms with Crippen molar-refractivity contribution in [3.63, 3.8) is 0 Å².